The van der Waals surface area contributed by atoms with Crippen molar-refractivity contribution in [1.82, 2.24) is 9.62 Å². The van der Waals surface area contributed by atoms with E-state index in [2.05, 4.69) is 4.72 Å². The van der Waals surface area contributed by atoms with E-state index < -0.39 is 10.0 Å². The predicted octanol–water partition coefficient (Wildman–Crippen LogP) is 1.56. The summed E-state index contributed by atoms with van der Waals surface area (Å²) in [7, 11) is -2.21. The molecule has 0 fully saturated rings. The van der Waals surface area contributed by atoms with Crippen LogP contribution < -0.4 is 14.4 Å². The highest BCUT2D eigenvalue weighted by Crippen LogP contribution is 2.34. The standard InChI is InChI=1S/C20H20ClN3O5S/c1-22-30(27,28)18-4-2-3-13-10-23(8-7-15(13)18)19(25)11-24-16-9-14(21)5-6-17(16)29-12-20(24)26/h2-6,9,22H,7-8,10-12H2,1H3. The number of hydrogen-bond donors (Lipinski definition) is 1. The first kappa shape index (κ1) is 20.6. The predicted molar refractivity (Wildman–Crippen MR) is 111 cm³/mol. The van der Waals surface area contributed by atoms with E-state index in [1.165, 1.54) is 11.9 Å². The summed E-state index contributed by atoms with van der Waals surface area (Å²) in [6, 6.07) is 9.98. The molecule has 0 saturated heterocycles. The zero-order valence-electron chi connectivity index (χ0n) is 16.2. The lowest BCUT2D eigenvalue weighted by molar-refractivity contribution is -0.132. The first-order valence-corrected chi connectivity index (χ1v) is 11.2. The molecular weight excluding hydrogens is 430 g/mol. The molecule has 0 radical (unpaired) electrons. The first-order valence-electron chi connectivity index (χ1n) is 9.35. The van der Waals surface area contributed by atoms with E-state index in [4.69, 9.17) is 16.3 Å². The fourth-order valence-corrected chi connectivity index (χ4v) is 4.93. The molecule has 0 aliphatic carbocycles. The highest BCUT2D eigenvalue weighted by atomic mass is 35.5. The number of rotatable bonds is 4. The van der Waals surface area contributed by atoms with Crippen LogP contribution >= 0.6 is 11.6 Å². The van der Waals surface area contributed by atoms with Gasteiger partial charge in [-0.05, 0) is 48.9 Å². The van der Waals surface area contributed by atoms with E-state index in [9.17, 15) is 18.0 Å². The number of fused-ring (bicyclic) bond motifs is 2. The highest BCUT2D eigenvalue weighted by molar-refractivity contribution is 7.89. The van der Waals surface area contributed by atoms with Crippen molar-refractivity contribution >= 4 is 39.1 Å². The molecule has 0 bridgehead atoms. The van der Waals surface area contributed by atoms with Crippen LogP contribution in [0.3, 0.4) is 0 Å². The smallest absolute Gasteiger partial charge is 0.265 e. The lowest BCUT2D eigenvalue weighted by atomic mass is 9.99. The van der Waals surface area contributed by atoms with Crippen LogP contribution in [0.1, 0.15) is 11.1 Å². The van der Waals surface area contributed by atoms with Crippen LogP contribution in [0.5, 0.6) is 5.75 Å². The van der Waals surface area contributed by atoms with E-state index in [-0.39, 0.29) is 36.4 Å². The first-order chi connectivity index (χ1) is 14.3. The average Bonchev–Trinajstić information content (AvgIpc) is 2.74. The van der Waals surface area contributed by atoms with Gasteiger partial charge in [-0.2, -0.15) is 0 Å². The molecule has 2 heterocycles. The van der Waals surface area contributed by atoms with Crippen molar-refractivity contribution in [3.63, 3.8) is 0 Å². The van der Waals surface area contributed by atoms with Crippen molar-refractivity contribution in [1.29, 1.82) is 0 Å². The third kappa shape index (κ3) is 3.76. The summed E-state index contributed by atoms with van der Waals surface area (Å²) in [5.41, 5.74) is 1.96. The lowest BCUT2D eigenvalue weighted by Crippen LogP contribution is -2.47. The Balaban J connectivity index is 1.55. The molecule has 0 saturated carbocycles. The van der Waals surface area contributed by atoms with Crippen LogP contribution in [0.2, 0.25) is 5.02 Å². The molecular formula is C20H20ClN3O5S. The fourth-order valence-electron chi connectivity index (χ4n) is 3.73. The van der Waals surface area contributed by atoms with Crippen LogP contribution in [-0.2, 0) is 32.6 Å². The Labute approximate surface area is 179 Å². The molecule has 2 aromatic rings. The van der Waals surface area contributed by atoms with E-state index in [1.807, 2.05) is 6.07 Å². The lowest BCUT2D eigenvalue weighted by Gasteiger charge is -2.34. The van der Waals surface area contributed by atoms with Gasteiger partial charge in [0.2, 0.25) is 15.9 Å². The van der Waals surface area contributed by atoms with Gasteiger partial charge < -0.3 is 9.64 Å². The van der Waals surface area contributed by atoms with Gasteiger partial charge in [-0.3, -0.25) is 14.5 Å². The SMILES string of the molecule is CNS(=O)(=O)c1cccc2c1CCN(C(=O)CN1C(=O)COc3ccc(Cl)cc31)C2. The summed E-state index contributed by atoms with van der Waals surface area (Å²) in [4.78, 5) is 28.6. The van der Waals surface area contributed by atoms with Crippen LogP contribution in [0.15, 0.2) is 41.3 Å². The molecule has 0 unspecified atom stereocenters. The van der Waals surface area contributed by atoms with Crippen molar-refractivity contribution in [3.05, 3.63) is 52.5 Å². The molecule has 8 nitrogen and oxygen atoms in total. The molecule has 0 aromatic heterocycles. The van der Waals surface area contributed by atoms with E-state index in [0.717, 1.165) is 11.1 Å². The molecule has 0 spiro atoms. The topological polar surface area (TPSA) is 96.0 Å². The zero-order valence-corrected chi connectivity index (χ0v) is 17.8. The molecule has 2 aliphatic heterocycles. The van der Waals surface area contributed by atoms with Gasteiger partial charge in [-0.1, -0.05) is 23.7 Å². The minimum absolute atomic E-state index is 0.140. The Morgan fingerprint density at radius 2 is 2.07 bits per heavy atom. The molecule has 2 amide bonds. The number of halogens is 1. The van der Waals surface area contributed by atoms with Gasteiger partial charge in [0.05, 0.1) is 10.6 Å². The third-order valence-electron chi connectivity index (χ3n) is 5.29. The van der Waals surface area contributed by atoms with Gasteiger partial charge in [0.1, 0.15) is 12.3 Å². The molecule has 2 aliphatic rings. The minimum Gasteiger partial charge on any atom is -0.482 e. The number of benzene rings is 2. The van der Waals surface area contributed by atoms with Crippen molar-refractivity contribution in [2.45, 2.75) is 17.9 Å². The van der Waals surface area contributed by atoms with Gasteiger partial charge in [0, 0.05) is 18.1 Å². The molecule has 4 rings (SSSR count). The maximum atomic E-state index is 13.0. The normalized spacial score (nSPS) is 16.0. The summed E-state index contributed by atoms with van der Waals surface area (Å²) in [6.45, 7) is 0.362. The maximum absolute atomic E-state index is 13.0. The van der Waals surface area contributed by atoms with Crippen molar-refractivity contribution in [2.24, 2.45) is 0 Å². The van der Waals surface area contributed by atoms with E-state index in [1.54, 1.807) is 35.2 Å². The number of carbonyl (C=O) groups is 2. The van der Waals surface area contributed by atoms with Crippen molar-refractivity contribution in [3.8, 4) is 5.75 Å². The van der Waals surface area contributed by atoms with Gasteiger partial charge in [0.25, 0.3) is 5.91 Å². The number of sulfonamides is 1. The minimum atomic E-state index is -3.58. The molecule has 1 N–H and O–H groups in total. The number of anilines is 1. The van der Waals surface area contributed by atoms with Crippen LogP contribution in [0, 0.1) is 0 Å². The van der Waals surface area contributed by atoms with Crippen LogP contribution in [0.4, 0.5) is 5.69 Å². The zero-order chi connectivity index (χ0) is 21.5. The Hall–Kier alpha value is -2.62. The van der Waals surface area contributed by atoms with Gasteiger partial charge in [0.15, 0.2) is 6.61 Å². The summed E-state index contributed by atoms with van der Waals surface area (Å²) in [5, 5.41) is 0.440. The summed E-state index contributed by atoms with van der Waals surface area (Å²) in [5.74, 6) is -0.0562. The fraction of sp³-hybridized carbons (Fsp3) is 0.300. The molecule has 0 atom stereocenters. The maximum Gasteiger partial charge on any atom is 0.265 e. The monoisotopic (exact) mass is 449 g/mol. The molecule has 2 aromatic carbocycles. The van der Waals surface area contributed by atoms with E-state index in [0.29, 0.717) is 29.4 Å². The number of hydrogen-bond acceptors (Lipinski definition) is 5. The second kappa shape index (κ2) is 7.90. The Kier molecular flexibility index (Phi) is 5.44. The molecule has 30 heavy (non-hydrogen) atoms. The van der Waals surface area contributed by atoms with Gasteiger partial charge in [-0.25, -0.2) is 13.1 Å². The highest BCUT2D eigenvalue weighted by Gasteiger charge is 2.31. The third-order valence-corrected chi connectivity index (χ3v) is 7.03. The van der Waals surface area contributed by atoms with E-state index >= 15 is 0 Å². The largest absolute Gasteiger partial charge is 0.482 e. The van der Waals surface area contributed by atoms with Gasteiger partial charge >= 0.3 is 0 Å². The Morgan fingerprint density at radius 3 is 2.83 bits per heavy atom. The second-order valence-corrected chi connectivity index (χ2v) is 9.34. The van der Waals surface area contributed by atoms with Crippen LogP contribution in [0.25, 0.3) is 0 Å². The number of nitrogens with one attached hydrogen (secondary N) is 1. The molecule has 158 valence electrons. The summed E-state index contributed by atoms with van der Waals surface area (Å²) in [6.07, 6.45) is 0.414. The number of amides is 2. The molecule has 10 heteroatoms. The van der Waals surface area contributed by atoms with Crippen LogP contribution in [-0.4, -0.2) is 51.9 Å². The quantitative estimate of drug-likeness (QED) is 0.764. The van der Waals surface area contributed by atoms with Crippen molar-refractivity contribution in [2.75, 3.05) is 31.6 Å². The second-order valence-electron chi connectivity index (χ2n) is 7.05. The summed E-state index contributed by atoms with van der Waals surface area (Å²) < 4.78 is 32.3. The average molecular weight is 450 g/mol. The number of nitrogens with zero attached hydrogens (tertiary/aromatic N) is 2. The number of carbonyl (C=O) groups excluding carboxylic acids is 2. The van der Waals surface area contributed by atoms with Crippen molar-refractivity contribution < 1.29 is 22.7 Å². The number of ether oxygens (including phenoxy) is 1. The summed E-state index contributed by atoms with van der Waals surface area (Å²) >= 11 is 6.05. The van der Waals surface area contributed by atoms with Gasteiger partial charge in [-0.15, -0.1) is 0 Å². The Morgan fingerprint density at radius 1 is 1.27 bits per heavy atom. The Bertz CT molecular complexity index is 1140.